The molecule has 1 spiro atoms. The van der Waals surface area contributed by atoms with Crippen molar-refractivity contribution >= 4 is 5.91 Å². The molecule has 5 heteroatoms. The summed E-state index contributed by atoms with van der Waals surface area (Å²) in [4.78, 5) is 18.0. The van der Waals surface area contributed by atoms with E-state index < -0.39 is 0 Å². The molecule has 0 N–H and O–H groups in total. The summed E-state index contributed by atoms with van der Waals surface area (Å²) in [5, 5.41) is 0. The number of ether oxygens (including phenoxy) is 1. The van der Waals surface area contributed by atoms with E-state index in [1.54, 1.807) is 7.11 Å². The Morgan fingerprint density at radius 1 is 1.27 bits per heavy atom. The van der Waals surface area contributed by atoms with Crippen molar-refractivity contribution in [3.8, 4) is 0 Å². The van der Waals surface area contributed by atoms with E-state index in [4.69, 9.17) is 4.74 Å². The molecule has 4 rings (SSSR count). The average Bonchev–Trinajstić information content (AvgIpc) is 3.37. The van der Waals surface area contributed by atoms with Crippen LogP contribution >= 0.6 is 0 Å². The van der Waals surface area contributed by atoms with Gasteiger partial charge in [-0.15, -0.1) is 0 Å². The zero-order chi connectivity index (χ0) is 18.1. The third-order valence-electron chi connectivity index (χ3n) is 7.10. The fourth-order valence-electron chi connectivity index (χ4n) is 5.57. The van der Waals surface area contributed by atoms with Crippen molar-refractivity contribution in [2.24, 2.45) is 12.5 Å². The van der Waals surface area contributed by atoms with Crippen LogP contribution in [-0.2, 0) is 11.8 Å². The van der Waals surface area contributed by atoms with E-state index in [2.05, 4.69) is 9.80 Å². The molecule has 0 bridgehead atoms. The molecule has 2 aliphatic heterocycles. The van der Waals surface area contributed by atoms with Gasteiger partial charge in [-0.1, -0.05) is 12.8 Å². The molecule has 2 saturated heterocycles. The van der Waals surface area contributed by atoms with E-state index in [-0.39, 0.29) is 11.9 Å². The maximum atomic E-state index is 13.2. The second-order valence-electron chi connectivity index (χ2n) is 8.72. The number of aromatic nitrogens is 1. The molecule has 1 aromatic rings. The smallest absolute Gasteiger partial charge is 0.270 e. The Morgan fingerprint density at radius 2 is 2.00 bits per heavy atom. The van der Waals surface area contributed by atoms with Crippen LogP contribution in [-0.4, -0.2) is 65.7 Å². The van der Waals surface area contributed by atoms with E-state index in [0.29, 0.717) is 12.0 Å². The van der Waals surface area contributed by atoms with E-state index in [9.17, 15) is 4.79 Å². The minimum absolute atomic E-state index is 0.162. The Morgan fingerprint density at radius 3 is 2.62 bits per heavy atom. The van der Waals surface area contributed by atoms with Gasteiger partial charge in [-0.25, -0.2) is 0 Å². The summed E-state index contributed by atoms with van der Waals surface area (Å²) in [5.41, 5.74) is 1.07. The normalized spacial score (nSPS) is 26.8. The maximum Gasteiger partial charge on any atom is 0.270 e. The topological polar surface area (TPSA) is 37.7 Å². The van der Waals surface area contributed by atoms with Gasteiger partial charge in [0.15, 0.2) is 0 Å². The fourth-order valence-corrected chi connectivity index (χ4v) is 5.57. The summed E-state index contributed by atoms with van der Waals surface area (Å²) in [6.45, 7) is 3.95. The highest BCUT2D eigenvalue weighted by Crippen LogP contribution is 2.45. The van der Waals surface area contributed by atoms with Crippen molar-refractivity contribution < 1.29 is 9.53 Å². The number of amides is 1. The Hall–Kier alpha value is -1.33. The van der Waals surface area contributed by atoms with E-state index >= 15 is 0 Å². The molecular weight excluding hydrogens is 326 g/mol. The molecule has 3 aliphatic rings. The van der Waals surface area contributed by atoms with Gasteiger partial charge in [-0.2, -0.15) is 0 Å². The predicted molar refractivity (Wildman–Crippen MR) is 102 cm³/mol. The Kier molecular flexibility index (Phi) is 5.11. The number of methoxy groups -OCH3 is 1. The third-order valence-corrected chi connectivity index (χ3v) is 7.10. The SMILES string of the molecule is COC[C@H]1CC2(CCN(C3CCCC3)CC2)CN1C(=O)c1cccn1C. The highest BCUT2D eigenvalue weighted by molar-refractivity contribution is 5.93. The number of piperidine rings is 1. The summed E-state index contributed by atoms with van der Waals surface area (Å²) >= 11 is 0. The summed E-state index contributed by atoms with van der Waals surface area (Å²) in [6.07, 6.45) is 11.1. The molecule has 1 aromatic heterocycles. The van der Waals surface area contributed by atoms with Crippen LogP contribution in [0.4, 0.5) is 0 Å². The van der Waals surface area contributed by atoms with Crippen LogP contribution < -0.4 is 0 Å². The van der Waals surface area contributed by atoms with Gasteiger partial charge in [0.05, 0.1) is 12.6 Å². The quantitative estimate of drug-likeness (QED) is 0.830. The second kappa shape index (κ2) is 7.35. The lowest BCUT2D eigenvalue weighted by Crippen LogP contribution is -2.45. The van der Waals surface area contributed by atoms with Gasteiger partial charge in [0.2, 0.25) is 0 Å². The maximum absolute atomic E-state index is 13.2. The van der Waals surface area contributed by atoms with E-state index in [0.717, 1.165) is 24.7 Å². The van der Waals surface area contributed by atoms with E-state index in [1.807, 2.05) is 29.9 Å². The molecule has 0 unspecified atom stereocenters. The first-order valence-electron chi connectivity index (χ1n) is 10.3. The van der Waals surface area contributed by atoms with Gasteiger partial charge in [-0.05, 0) is 62.7 Å². The molecule has 1 saturated carbocycles. The third kappa shape index (κ3) is 3.31. The van der Waals surface area contributed by atoms with Gasteiger partial charge in [0.1, 0.15) is 5.69 Å². The molecule has 144 valence electrons. The Balaban J connectivity index is 1.45. The standard InChI is InChI=1S/C21H33N3O2/c1-22-11-5-8-19(22)20(25)24-16-21(14-18(24)15-26-2)9-12-23(13-10-21)17-6-3-4-7-17/h5,8,11,17-18H,3-4,6-7,9-10,12-16H2,1-2H3/t18-/m1/s1. The number of hydrogen-bond acceptors (Lipinski definition) is 3. The molecular formula is C21H33N3O2. The first-order chi connectivity index (χ1) is 12.6. The molecule has 5 nitrogen and oxygen atoms in total. The lowest BCUT2D eigenvalue weighted by Gasteiger charge is -2.41. The first kappa shape index (κ1) is 18.1. The molecule has 3 heterocycles. The average molecular weight is 360 g/mol. The number of aryl methyl sites for hydroxylation is 1. The Labute approximate surface area is 157 Å². The van der Waals surface area contributed by atoms with Gasteiger partial charge in [0.25, 0.3) is 5.91 Å². The summed E-state index contributed by atoms with van der Waals surface area (Å²) < 4.78 is 7.41. The van der Waals surface area contributed by atoms with Gasteiger partial charge in [0, 0.05) is 32.9 Å². The number of hydrogen-bond donors (Lipinski definition) is 0. The molecule has 26 heavy (non-hydrogen) atoms. The number of nitrogens with zero attached hydrogens (tertiary/aromatic N) is 3. The first-order valence-corrected chi connectivity index (χ1v) is 10.3. The van der Waals surface area contributed by atoms with Crippen molar-refractivity contribution in [1.82, 2.24) is 14.4 Å². The zero-order valence-corrected chi connectivity index (χ0v) is 16.3. The highest BCUT2D eigenvalue weighted by Gasteiger charge is 2.48. The molecule has 1 amide bonds. The monoisotopic (exact) mass is 359 g/mol. The van der Waals surface area contributed by atoms with E-state index in [1.165, 1.54) is 51.6 Å². The minimum Gasteiger partial charge on any atom is -0.383 e. The van der Waals surface area contributed by atoms with Crippen LogP contribution in [0.15, 0.2) is 18.3 Å². The molecule has 0 radical (unpaired) electrons. The van der Waals surface area contributed by atoms with Crippen molar-refractivity contribution in [1.29, 1.82) is 0 Å². The van der Waals surface area contributed by atoms with Gasteiger partial charge in [-0.3, -0.25) is 4.79 Å². The summed E-state index contributed by atoms with van der Waals surface area (Å²) in [7, 11) is 3.70. The lowest BCUT2D eigenvalue weighted by molar-refractivity contribution is 0.0583. The number of rotatable bonds is 4. The van der Waals surface area contributed by atoms with Crippen LogP contribution in [0.25, 0.3) is 0 Å². The highest BCUT2D eigenvalue weighted by atomic mass is 16.5. The van der Waals surface area contributed by atoms with Gasteiger partial charge < -0.3 is 19.1 Å². The molecule has 0 aromatic carbocycles. The van der Waals surface area contributed by atoms with Crippen LogP contribution in [0, 0.1) is 5.41 Å². The van der Waals surface area contributed by atoms with Crippen molar-refractivity contribution in [3.05, 3.63) is 24.0 Å². The van der Waals surface area contributed by atoms with Crippen LogP contribution in [0.1, 0.15) is 55.4 Å². The van der Waals surface area contributed by atoms with Crippen molar-refractivity contribution in [3.63, 3.8) is 0 Å². The van der Waals surface area contributed by atoms with Crippen molar-refractivity contribution in [2.45, 2.75) is 57.0 Å². The van der Waals surface area contributed by atoms with Gasteiger partial charge >= 0.3 is 0 Å². The molecule has 3 fully saturated rings. The van der Waals surface area contributed by atoms with Crippen LogP contribution in [0.2, 0.25) is 0 Å². The zero-order valence-electron chi connectivity index (χ0n) is 16.3. The van der Waals surface area contributed by atoms with Crippen LogP contribution in [0.3, 0.4) is 0 Å². The summed E-state index contributed by atoms with van der Waals surface area (Å²) in [6, 6.07) is 4.91. The minimum atomic E-state index is 0.162. The Bertz CT molecular complexity index is 627. The lowest BCUT2D eigenvalue weighted by atomic mass is 9.76. The fraction of sp³-hybridized carbons (Fsp3) is 0.762. The van der Waals surface area contributed by atoms with Crippen molar-refractivity contribution in [2.75, 3.05) is 33.4 Å². The molecule has 1 atom stereocenters. The van der Waals surface area contributed by atoms with Crippen LogP contribution in [0.5, 0.6) is 0 Å². The largest absolute Gasteiger partial charge is 0.383 e. The summed E-state index contributed by atoms with van der Waals surface area (Å²) in [5.74, 6) is 0.162. The number of likely N-dealkylation sites (tertiary alicyclic amines) is 2. The number of carbonyl (C=O) groups is 1. The number of carbonyl (C=O) groups excluding carboxylic acids is 1. The predicted octanol–water partition coefficient (Wildman–Crippen LogP) is 2.91. The molecule has 1 aliphatic carbocycles. The second-order valence-corrected chi connectivity index (χ2v) is 8.72.